The van der Waals surface area contributed by atoms with Gasteiger partial charge in [0.1, 0.15) is 18.4 Å². The Morgan fingerprint density at radius 3 is 2.78 bits per heavy atom. The highest BCUT2D eigenvalue weighted by atomic mass is 16.5. The van der Waals surface area contributed by atoms with Crippen LogP contribution in [0.1, 0.15) is 71.0 Å². The number of hydrogen-bond acceptors (Lipinski definition) is 6. The van der Waals surface area contributed by atoms with E-state index in [-0.39, 0.29) is 30.2 Å². The van der Waals surface area contributed by atoms with Gasteiger partial charge in [-0.3, -0.25) is 29.2 Å². The first-order valence-electron chi connectivity index (χ1n) is 12.6. The number of likely N-dealkylation sites (tertiary alicyclic amines) is 1. The number of carbonyl (C=O) groups is 4. The molecule has 4 amide bonds. The third-order valence-corrected chi connectivity index (χ3v) is 7.33. The van der Waals surface area contributed by atoms with Gasteiger partial charge in [-0.2, -0.15) is 5.10 Å². The molecule has 2 aromatic rings. The van der Waals surface area contributed by atoms with Gasteiger partial charge in [-0.05, 0) is 63.3 Å². The summed E-state index contributed by atoms with van der Waals surface area (Å²) in [5.74, 6) is -0.330. The Bertz CT molecular complexity index is 1220. The highest BCUT2D eigenvalue weighted by molar-refractivity contribution is 6.05. The van der Waals surface area contributed by atoms with Gasteiger partial charge in [0.15, 0.2) is 0 Å². The monoisotopic (exact) mass is 493 g/mol. The number of hydrogen-bond donors (Lipinski definition) is 1. The van der Waals surface area contributed by atoms with Crippen LogP contribution in [0.3, 0.4) is 0 Å². The highest BCUT2D eigenvalue weighted by Crippen LogP contribution is 2.30. The summed E-state index contributed by atoms with van der Waals surface area (Å²) in [5, 5.41) is 6.74. The van der Waals surface area contributed by atoms with E-state index in [1.165, 1.54) is 4.90 Å². The first-order chi connectivity index (χ1) is 17.4. The minimum atomic E-state index is -0.644. The molecule has 10 heteroatoms. The molecule has 4 heterocycles. The Morgan fingerprint density at radius 1 is 1.19 bits per heavy atom. The lowest BCUT2D eigenvalue weighted by atomic mass is 10.0. The van der Waals surface area contributed by atoms with Gasteiger partial charge in [0, 0.05) is 37.8 Å². The molecular formula is C26H31N5O5. The maximum atomic E-state index is 13.3. The molecule has 0 radical (unpaired) electrons. The van der Waals surface area contributed by atoms with Crippen LogP contribution < -0.4 is 10.1 Å². The number of carbonyl (C=O) groups excluding carboxylic acids is 4. The number of amides is 4. The molecule has 3 aliphatic heterocycles. The Labute approximate surface area is 209 Å². The van der Waals surface area contributed by atoms with E-state index in [4.69, 9.17) is 4.74 Å². The number of rotatable bonds is 6. The molecule has 1 N–H and O–H groups in total. The minimum absolute atomic E-state index is 0.0140. The van der Waals surface area contributed by atoms with Crippen molar-refractivity contribution in [2.45, 2.75) is 71.1 Å². The number of aryl methyl sites for hydroxylation is 2. The van der Waals surface area contributed by atoms with E-state index in [1.54, 1.807) is 16.8 Å². The van der Waals surface area contributed by atoms with Crippen LogP contribution in [0.5, 0.6) is 5.75 Å². The van der Waals surface area contributed by atoms with Gasteiger partial charge in [0.2, 0.25) is 11.8 Å². The standard InChI is InChI=1S/C26H31N5O5/c1-3-29-14-21(16(2)28-29)26(35)30-11-5-4-6-18(30)15-36-19-7-8-20-17(12-19)13-31(25(20)34)22-9-10-23(32)27-24(22)33/h7-8,12,14,18,22H,3-6,9-11,13,15H2,1-2H3,(H,27,32,33)/t18-,22?/m1/s1. The van der Waals surface area contributed by atoms with Gasteiger partial charge in [-0.1, -0.05) is 0 Å². The average Bonchev–Trinajstić information content (AvgIpc) is 3.41. The molecule has 2 saturated heterocycles. The van der Waals surface area contributed by atoms with Crippen molar-refractivity contribution in [2.75, 3.05) is 13.2 Å². The molecule has 10 nitrogen and oxygen atoms in total. The molecule has 0 saturated carbocycles. The van der Waals surface area contributed by atoms with Crippen LogP contribution in [0, 0.1) is 6.92 Å². The molecule has 0 bridgehead atoms. The predicted molar refractivity (Wildman–Crippen MR) is 129 cm³/mol. The van der Waals surface area contributed by atoms with Crippen molar-refractivity contribution in [1.29, 1.82) is 0 Å². The lowest BCUT2D eigenvalue weighted by Gasteiger charge is -2.35. The van der Waals surface area contributed by atoms with Crippen LogP contribution in [-0.4, -0.2) is 68.4 Å². The summed E-state index contributed by atoms with van der Waals surface area (Å²) in [4.78, 5) is 53.4. The maximum Gasteiger partial charge on any atom is 0.257 e. The van der Waals surface area contributed by atoms with E-state index in [9.17, 15) is 19.2 Å². The van der Waals surface area contributed by atoms with Crippen molar-refractivity contribution in [3.8, 4) is 5.75 Å². The molecule has 5 rings (SSSR count). The van der Waals surface area contributed by atoms with Crippen LogP contribution in [-0.2, 0) is 22.7 Å². The maximum absolute atomic E-state index is 13.3. The van der Waals surface area contributed by atoms with E-state index >= 15 is 0 Å². The largest absolute Gasteiger partial charge is 0.491 e. The van der Waals surface area contributed by atoms with E-state index in [0.717, 1.165) is 30.5 Å². The highest BCUT2D eigenvalue weighted by Gasteiger charge is 2.39. The first kappa shape index (κ1) is 24.0. The third-order valence-electron chi connectivity index (χ3n) is 7.33. The molecule has 1 aromatic carbocycles. The summed E-state index contributed by atoms with van der Waals surface area (Å²) in [6.07, 6.45) is 5.22. The summed E-state index contributed by atoms with van der Waals surface area (Å²) in [7, 11) is 0. The second-order valence-electron chi connectivity index (χ2n) is 9.66. The van der Waals surface area contributed by atoms with Crippen molar-refractivity contribution in [2.24, 2.45) is 0 Å². The van der Waals surface area contributed by atoms with E-state index in [2.05, 4.69) is 10.4 Å². The number of fused-ring (bicyclic) bond motifs is 1. The number of aromatic nitrogens is 2. The SMILES string of the molecule is CCn1cc(C(=O)N2CCCC[C@@H]2COc2ccc3c(c2)CN(C2CCC(=O)NC2=O)C3=O)c(C)n1. The number of imide groups is 1. The summed E-state index contributed by atoms with van der Waals surface area (Å²) >= 11 is 0. The zero-order chi connectivity index (χ0) is 25.4. The molecule has 190 valence electrons. The molecule has 0 spiro atoms. The summed E-state index contributed by atoms with van der Waals surface area (Å²) in [6, 6.07) is 4.63. The number of benzene rings is 1. The fourth-order valence-electron chi connectivity index (χ4n) is 5.32. The summed E-state index contributed by atoms with van der Waals surface area (Å²) in [5.41, 5.74) is 2.70. The van der Waals surface area contributed by atoms with Crippen LogP contribution in [0.2, 0.25) is 0 Å². The fourth-order valence-corrected chi connectivity index (χ4v) is 5.32. The van der Waals surface area contributed by atoms with Crippen molar-refractivity contribution >= 4 is 23.6 Å². The van der Waals surface area contributed by atoms with Gasteiger partial charge in [0.05, 0.1) is 17.3 Å². The number of nitrogens with one attached hydrogen (secondary N) is 1. The van der Waals surface area contributed by atoms with Crippen LogP contribution in [0.25, 0.3) is 0 Å². The lowest BCUT2D eigenvalue weighted by Crippen LogP contribution is -2.52. The topological polar surface area (TPSA) is 114 Å². The number of piperidine rings is 2. The molecule has 1 unspecified atom stereocenters. The Hall–Kier alpha value is -3.69. The van der Waals surface area contributed by atoms with Crippen LogP contribution >= 0.6 is 0 Å². The number of nitrogens with zero attached hydrogens (tertiary/aromatic N) is 4. The molecule has 1 aromatic heterocycles. The normalized spacial score (nSPS) is 22.0. The van der Waals surface area contributed by atoms with E-state index in [0.29, 0.717) is 49.5 Å². The minimum Gasteiger partial charge on any atom is -0.491 e. The molecule has 3 aliphatic rings. The van der Waals surface area contributed by atoms with E-state index in [1.807, 2.05) is 31.0 Å². The predicted octanol–water partition coefficient (Wildman–Crippen LogP) is 2.05. The Balaban J connectivity index is 1.26. The van der Waals surface area contributed by atoms with Gasteiger partial charge in [-0.15, -0.1) is 0 Å². The molecule has 2 atom stereocenters. The Kier molecular flexibility index (Phi) is 6.51. The van der Waals surface area contributed by atoms with Gasteiger partial charge < -0.3 is 14.5 Å². The third kappa shape index (κ3) is 4.47. The lowest BCUT2D eigenvalue weighted by molar-refractivity contribution is -0.136. The summed E-state index contributed by atoms with van der Waals surface area (Å²) in [6.45, 7) is 5.90. The Morgan fingerprint density at radius 2 is 2.03 bits per heavy atom. The zero-order valence-corrected chi connectivity index (χ0v) is 20.7. The second kappa shape index (κ2) is 9.75. The molecule has 2 fully saturated rings. The van der Waals surface area contributed by atoms with Gasteiger partial charge in [0.25, 0.3) is 11.8 Å². The zero-order valence-electron chi connectivity index (χ0n) is 20.7. The van der Waals surface area contributed by atoms with Crippen LogP contribution in [0.4, 0.5) is 0 Å². The average molecular weight is 494 g/mol. The summed E-state index contributed by atoms with van der Waals surface area (Å²) < 4.78 is 7.91. The van der Waals surface area contributed by atoms with Crippen molar-refractivity contribution in [3.05, 3.63) is 46.8 Å². The van der Waals surface area contributed by atoms with E-state index < -0.39 is 11.9 Å². The fraction of sp³-hybridized carbons (Fsp3) is 0.500. The smallest absolute Gasteiger partial charge is 0.257 e. The quantitative estimate of drug-likeness (QED) is 0.616. The van der Waals surface area contributed by atoms with Crippen molar-refractivity contribution in [3.63, 3.8) is 0 Å². The van der Waals surface area contributed by atoms with Gasteiger partial charge >= 0.3 is 0 Å². The van der Waals surface area contributed by atoms with Crippen molar-refractivity contribution < 1.29 is 23.9 Å². The first-order valence-corrected chi connectivity index (χ1v) is 12.6. The van der Waals surface area contributed by atoms with Crippen LogP contribution in [0.15, 0.2) is 24.4 Å². The number of ether oxygens (including phenoxy) is 1. The van der Waals surface area contributed by atoms with Gasteiger partial charge in [-0.25, -0.2) is 0 Å². The molecule has 36 heavy (non-hydrogen) atoms. The molecule has 0 aliphatic carbocycles. The molecular weight excluding hydrogens is 462 g/mol. The van der Waals surface area contributed by atoms with Crippen molar-refractivity contribution in [1.82, 2.24) is 24.9 Å². The second-order valence-corrected chi connectivity index (χ2v) is 9.66.